The van der Waals surface area contributed by atoms with Crippen molar-refractivity contribution in [3.8, 4) is 0 Å². The Balaban J connectivity index is 2.69. The molecular formula is C8H11N3O3. The smallest absolute Gasteiger partial charge is 0.274 e. The number of nitrogens with one attached hydrogen (secondary N) is 1. The van der Waals surface area contributed by atoms with Crippen LogP contribution >= 0.6 is 0 Å². The molecule has 6 nitrogen and oxygen atoms in total. The van der Waals surface area contributed by atoms with Crippen LogP contribution < -0.4 is 5.32 Å². The highest BCUT2D eigenvalue weighted by Gasteiger charge is 2.06. The topological polar surface area (TPSA) is 88.3 Å². The summed E-state index contributed by atoms with van der Waals surface area (Å²) in [6, 6.07) is 2.63. The number of aliphatic hydroxyl groups excluding tert-OH is 1. The molecule has 0 amide bonds. The SMILES string of the molecule is CC(O)CNc1cc([N+](=O)[O-])ccn1. The van der Waals surface area contributed by atoms with E-state index >= 15 is 0 Å². The third-order valence-electron chi connectivity index (χ3n) is 1.53. The highest BCUT2D eigenvalue weighted by atomic mass is 16.6. The maximum atomic E-state index is 10.4. The van der Waals surface area contributed by atoms with Crippen molar-refractivity contribution in [2.24, 2.45) is 0 Å². The lowest BCUT2D eigenvalue weighted by atomic mass is 10.3. The first-order valence-corrected chi connectivity index (χ1v) is 4.12. The Morgan fingerprint density at radius 3 is 3.07 bits per heavy atom. The monoisotopic (exact) mass is 197 g/mol. The molecule has 0 saturated heterocycles. The number of nitrogens with zero attached hydrogens (tertiary/aromatic N) is 2. The minimum absolute atomic E-state index is 0.0203. The van der Waals surface area contributed by atoms with Crippen LogP contribution in [0.5, 0.6) is 0 Å². The first-order valence-electron chi connectivity index (χ1n) is 4.12. The second kappa shape index (κ2) is 4.52. The molecule has 0 bridgehead atoms. The Bertz CT molecular complexity index is 327. The van der Waals surface area contributed by atoms with Gasteiger partial charge in [0.2, 0.25) is 0 Å². The number of pyridine rings is 1. The van der Waals surface area contributed by atoms with Gasteiger partial charge in [0.1, 0.15) is 5.82 Å². The summed E-state index contributed by atoms with van der Waals surface area (Å²) in [4.78, 5) is 13.8. The van der Waals surface area contributed by atoms with Gasteiger partial charge in [-0.05, 0) is 6.92 Å². The van der Waals surface area contributed by atoms with Crippen molar-refractivity contribution in [1.82, 2.24) is 4.98 Å². The van der Waals surface area contributed by atoms with E-state index in [-0.39, 0.29) is 5.69 Å². The molecule has 14 heavy (non-hydrogen) atoms. The Kier molecular flexibility index (Phi) is 3.35. The Morgan fingerprint density at radius 2 is 2.50 bits per heavy atom. The molecule has 0 spiro atoms. The molecule has 6 heteroatoms. The molecule has 1 rings (SSSR count). The normalized spacial score (nSPS) is 12.1. The first kappa shape index (κ1) is 10.4. The fraction of sp³-hybridized carbons (Fsp3) is 0.375. The molecule has 1 aromatic rings. The van der Waals surface area contributed by atoms with Crippen molar-refractivity contribution in [2.45, 2.75) is 13.0 Å². The van der Waals surface area contributed by atoms with Crippen molar-refractivity contribution in [3.63, 3.8) is 0 Å². The van der Waals surface area contributed by atoms with E-state index in [9.17, 15) is 10.1 Å². The van der Waals surface area contributed by atoms with Crippen LogP contribution in [0.15, 0.2) is 18.3 Å². The minimum atomic E-state index is -0.518. The lowest BCUT2D eigenvalue weighted by Crippen LogP contribution is -2.15. The molecule has 1 atom stereocenters. The van der Waals surface area contributed by atoms with Crippen molar-refractivity contribution >= 4 is 11.5 Å². The Morgan fingerprint density at radius 1 is 1.79 bits per heavy atom. The van der Waals surface area contributed by atoms with Crippen LogP contribution in [-0.2, 0) is 0 Å². The van der Waals surface area contributed by atoms with Gasteiger partial charge >= 0.3 is 0 Å². The molecule has 0 aromatic carbocycles. The fourth-order valence-electron chi connectivity index (χ4n) is 0.882. The average Bonchev–Trinajstić information content (AvgIpc) is 2.15. The molecule has 0 aliphatic carbocycles. The summed E-state index contributed by atoms with van der Waals surface area (Å²) in [6.07, 6.45) is 0.832. The van der Waals surface area contributed by atoms with E-state index in [1.165, 1.54) is 18.3 Å². The number of rotatable bonds is 4. The van der Waals surface area contributed by atoms with Crippen molar-refractivity contribution in [3.05, 3.63) is 28.4 Å². The summed E-state index contributed by atoms with van der Waals surface area (Å²) in [7, 11) is 0. The summed E-state index contributed by atoms with van der Waals surface area (Å²) in [5.41, 5.74) is -0.0203. The van der Waals surface area contributed by atoms with Crippen molar-refractivity contribution in [1.29, 1.82) is 0 Å². The van der Waals surface area contributed by atoms with Crippen LogP contribution in [0, 0.1) is 10.1 Å². The summed E-state index contributed by atoms with van der Waals surface area (Å²) in [5, 5.41) is 22.1. The predicted molar refractivity (Wildman–Crippen MR) is 51.1 cm³/mol. The highest BCUT2D eigenvalue weighted by Crippen LogP contribution is 2.13. The highest BCUT2D eigenvalue weighted by molar-refractivity contribution is 5.44. The average molecular weight is 197 g/mol. The predicted octanol–water partition coefficient (Wildman–Crippen LogP) is 0.782. The van der Waals surface area contributed by atoms with Crippen LogP contribution in [0.2, 0.25) is 0 Å². The number of hydrogen-bond donors (Lipinski definition) is 2. The van der Waals surface area contributed by atoms with E-state index in [0.29, 0.717) is 12.4 Å². The quantitative estimate of drug-likeness (QED) is 0.550. The zero-order valence-corrected chi connectivity index (χ0v) is 7.67. The first-order chi connectivity index (χ1) is 6.59. The maximum absolute atomic E-state index is 10.4. The summed E-state index contributed by atoms with van der Waals surface area (Å²) in [6.45, 7) is 1.93. The van der Waals surface area contributed by atoms with Crippen molar-refractivity contribution < 1.29 is 10.0 Å². The van der Waals surface area contributed by atoms with Gasteiger partial charge in [-0.2, -0.15) is 0 Å². The van der Waals surface area contributed by atoms with Crippen LogP contribution in [0.3, 0.4) is 0 Å². The zero-order valence-electron chi connectivity index (χ0n) is 7.67. The van der Waals surface area contributed by atoms with E-state index in [1.807, 2.05) is 0 Å². The number of anilines is 1. The molecule has 1 aromatic heterocycles. The summed E-state index contributed by atoms with van der Waals surface area (Å²) in [5.74, 6) is 0.389. The molecule has 0 aliphatic rings. The lowest BCUT2D eigenvalue weighted by Gasteiger charge is -2.06. The summed E-state index contributed by atoms with van der Waals surface area (Å²) >= 11 is 0. The van der Waals surface area contributed by atoms with E-state index in [1.54, 1.807) is 6.92 Å². The van der Waals surface area contributed by atoms with E-state index in [2.05, 4.69) is 10.3 Å². The second-order valence-corrected chi connectivity index (χ2v) is 2.89. The van der Waals surface area contributed by atoms with Gasteiger partial charge in [-0.25, -0.2) is 4.98 Å². The molecule has 2 N–H and O–H groups in total. The van der Waals surface area contributed by atoms with Gasteiger partial charge in [0.05, 0.1) is 17.1 Å². The van der Waals surface area contributed by atoms with Crippen LogP contribution in [-0.4, -0.2) is 27.7 Å². The Labute approximate surface area is 80.7 Å². The number of hydrogen-bond acceptors (Lipinski definition) is 5. The van der Waals surface area contributed by atoms with Gasteiger partial charge in [-0.15, -0.1) is 0 Å². The standard InChI is InChI=1S/C8H11N3O3/c1-6(12)5-10-8-4-7(11(13)14)2-3-9-8/h2-4,6,12H,5H2,1H3,(H,9,10). The van der Waals surface area contributed by atoms with Gasteiger partial charge in [0.25, 0.3) is 5.69 Å². The van der Waals surface area contributed by atoms with E-state index in [0.717, 1.165) is 0 Å². The van der Waals surface area contributed by atoms with Crippen LogP contribution in [0.4, 0.5) is 11.5 Å². The fourth-order valence-corrected chi connectivity index (χ4v) is 0.882. The zero-order chi connectivity index (χ0) is 10.6. The minimum Gasteiger partial charge on any atom is -0.392 e. The molecule has 0 radical (unpaired) electrons. The largest absolute Gasteiger partial charge is 0.392 e. The van der Waals surface area contributed by atoms with Crippen LogP contribution in [0.25, 0.3) is 0 Å². The summed E-state index contributed by atoms with van der Waals surface area (Å²) < 4.78 is 0. The van der Waals surface area contributed by atoms with E-state index < -0.39 is 11.0 Å². The molecule has 0 fully saturated rings. The van der Waals surface area contributed by atoms with Gasteiger partial charge in [-0.3, -0.25) is 10.1 Å². The lowest BCUT2D eigenvalue weighted by molar-refractivity contribution is -0.384. The molecule has 0 aliphatic heterocycles. The molecular weight excluding hydrogens is 186 g/mol. The van der Waals surface area contributed by atoms with Crippen LogP contribution in [0.1, 0.15) is 6.92 Å². The molecule has 0 saturated carbocycles. The van der Waals surface area contributed by atoms with Gasteiger partial charge < -0.3 is 10.4 Å². The number of aromatic nitrogens is 1. The molecule has 1 unspecified atom stereocenters. The third kappa shape index (κ3) is 2.98. The molecule has 76 valence electrons. The van der Waals surface area contributed by atoms with Gasteiger partial charge in [-0.1, -0.05) is 0 Å². The van der Waals surface area contributed by atoms with E-state index in [4.69, 9.17) is 5.11 Å². The molecule has 1 heterocycles. The third-order valence-corrected chi connectivity index (χ3v) is 1.53. The van der Waals surface area contributed by atoms with Gasteiger partial charge in [0, 0.05) is 18.8 Å². The maximum Gasteiger partial charge on any atom is 0.274 e. The van der Waals surface area contributed by atoms with Gasteiger partial charge in [0.15, 0.2) is 0 Å². The Hall–Kier alpha value is -1.69. The number of nitro groups is 1. The number of aliphatic hydroxyl groups is 1. The second-order valence-electron chi connectivity index (χ2n) is 2.89. The van der Waals surface area contributed by atoms with Crippen molar-refractivity contribution in [2.75, 3.05) is 11.9 Å².